The third kappa shape index (κ3) is 4.04. The average molecular weight is 389 g/mol. The fraction of sp³-hybridized carbons (Fsp3) is 0.222. The normalized spacial score (nSPS) is 16.0. The quantitative estimate of drug-likeness (QED) is 0.574. The van der Waals surface area contributed by atoms with Gasteiger partial charge in [0.2, 0.25) is 0 Å². The summed E-state index contributed by atoms with van der Waals surface area (Å²) in [5.74, 6) is 4.21. The molecule has 0 aromatic heterocycles. The van der Waals surface area contributed by atoms with Gasteiger partial charge in [0.15, 0.2) is 0 Å². The van der Waals surface area contributed by atoms with Crippen molar-refractivity contribution in [3.63, 3.8) is 0 Å². The van der Waals surface area contributed by atoms with Crippen molar-refractivity contribution in [3.8, 4) is 0 Å². The first-order chi connectivity index (χ1) is 11.9. The number of rotatable bonds is 3. The van der Waals surface area contributed by atoms with E-state index in [1.807, 2.05) is 47.0 Å². The third-order valence-electron chi connectivity index (χ3n) is 3.64. The van der Waals surface area contributed by atoms with E-state index < -0.39 is 0 Å². The van der Waals surface area contributed by atoms with Gasteiger partial charge in [-0.15, -0.1) is 0 Å². The van der Waals surface area contributed by atoms with E-state index >= 15 is 0 Å². The monoisotopic (exact) mass is 388 g/mol. The summed E-state index contributed by atoms with van der Waals surface area (Å²) >= 11 is 7.43. The van der Waals surface area contributed by atoms with Crippen LogP contribution in [0, 0.1) is 0 Å². The Kier molecular flexibility index (Phi) is 5.57. The van der Waals surface area contributed by atoms with Crippen LogP contribution in [-0.4, -0.2) is 20.3 Å². The highest BCUT2D eigenvalue weighted by molar-refractivity contribution is 8.40. The van der Waals surface area contributed by atoms with Gasteiger partial charge in [-0.25, -0.2) is 9.98 Å². The van der Waals surface area contributed by atoms with Gasteiger partial charge in [0.25, 0.3) is 0 Å². The molecule has 2 aliphatic heterocycles. The Hall–Kier alpha value is -0.820. The second-order valence-corrected chi connectivity index (χ2v) is 9.90. The first kappa shape index (κ1) is 16.6. The molecule has 0 atom stereocenters. The van der Waals surface area contributed by atoms with Crippen LogP contribution in [0.2, 0.25) is 0 Å². The van der Waals surface area contributed by atoms with Crippen LogP contribution >= 0.6 is 47.0 Å². The van der Waals surface area contributed by atoms with E-state index in [1.54, 1.807) is 0 Å². The van der Waals surface area contributed by atoms with E-state index in [4.69, 9.17) is 9.98 Å². The number of thioether (sulfide) groups is 4. The van der Waals surface area contributed by atoms with Crippen molar-refractivity contribution in [2.24, 2.45) is 9.98 Å². The molecule has 122 valence electrons. The van der Waals surface area contributed by atoms with Crippen LogP contribution in [0.1, 0.15) is 11.1 Å². The summed E-state index contributed by atoms with van der Waals surface area (Å²) in [6, 6.07) is 16.8. The van der Waals surface area contributed by atoms with E-state index in [0.29, 0.717) is 0 Å². The van der Waals surface area contributed by atoms with Gasteiger partial charge in [-0.1, -0.05) is 83.4 Å². The lowest BCUT2D eigenvalue weighted by atomic mass is 10.2. The van der Waals surface area contributed by atoms with Crippen LogP contribution in [0.15, 0.2) is 58.5 Å². The molecule has 0 N–H and O–H groups in total. The van der Waals surface area contributed by atoms with Crippen molar-refractivity contribution in [2.45, 2.75) is 11.5 Å². The van der Waals surface area contributed by atoms with Crippen LogP contribution in [0.25, 0.3) is 0 Å². The molecule has 2 heterocycles. The van der Waals surface area contributed by atoms with Crippen LogP contribution in [0.4, 0.5) is 11.4 Å². The highest BCUT2D eigenvalue weighted by atomic mass is 32.2. The summed E-state index contributed by atoms with van der Waals surface area (Å²) in [6.07, 6.45) is 0. The van der Waals surface area contributed by atoms with Gasteiger partial charge in [-0.05, 0) is 23.3 Å². The zero-order chi connectivity index (χ0) is 16.2. The number of para-hydroxylation sites is 2. The number of hydrogen-bond acceptors (Lipinski definition) is 6. The largest absolute Gasteiger partial charge is 0.235 e. The zero-order valence-electron chi connectivity index (χ0n) is 13.0. The molecule has 0 saturated heterocycles. The smallest absolute Gasteiger partial charge is 0.130 e. The maximum atomic E-state index is 4.76. The van der Waals surface area contributed by atoms with Gasteiger partial charge in [0, 0.05) is 23.0 Å². The number of aliphatic imine (C=N–C) groups is 2. The molecule has 0 fully saturated rings. The molecule has 2 aromatic carbocycles. The second kappa shape index (κ2) is 8.04. The molecule has 0 amide bonds. The summed E-state index contributed by atoms with van der Waals surface area (Å²) in [5, 5.41) is 0. The number of benzene rings is 2. The minimum atomic E-state index is 1.04. The van der Waals surface area contributed by atoms with Gasteiger partial charge in [-0.2, -0.15) is 0 Å². The van der Waals surface area contributed by atoms with Gasteiger partial charge in [0.1, 0.15) is 8.75 Å². The topological polar surface area (TPSA) is 24.7 Å². The van der Waals surface area contributed by atoms with Crippen LogP contribution in [0.5, 0.6) is 0 Å². The van der Waals surface area contributed by atoms with Crippen LogP contribution in [-0.2, 0) is 11.5 Å². The van der Waals surface area contributed by atoms with Crippen LogP contribution in [0.3, 0.4) is 0 Å². The first-order valence-corrected chi connectivity index (χ1v) is 11.7. The maximum absolute atomic E-state index is 4.76. The fourth-order valence-electron chi connectivity index (χ4n) is 2.43. The molecule has 0 saturated carbocycles. The molecule has 0 bridgehead atoms. The van der Waals surface area contributed by atoms with Crippen LogP contribution < -0.4 is 0 Å². The Balaban J connectivity index is 1.29. The molecule has 2 nitrogen and oxygen atoms in total. The molecule has 6 heteroatoms. The second-order valence-electron chi connectivity index (χ2n) is 5.29. The molecule has 0 spiro atoms. The molecule has 0 unspecified atom stereocenters. The van der Waals surface area contributed by atoms with Gasteiger partial charge in [-0.3, -0.25) is 0 Å². The van der Waals surface area contributed by atoms with Gasteiger partial charge >= 0.3 is 0 Å². The molecule has 0 radical (unpaired) electrons. The standard InChI is InChI=1S/C18H16N2S4/c1-3-7-15-13(5-1)11-23-17(19-15)21-9-10-22-18-20-16-8-4-2-6-14(16)12-24-18/h1-8H,9-12H2. The van der Waals surface area contributed by atoms with E-state index in [0.717, 1.165) is 34.4 Å². The Morgan fingerprint density at radius 3 is 1.67 bits per heavy atom. The minimum absolute atomic E-state index is 1.04. The molecule has 2 aromatic rings. The van der Waals surface area contributed by atoms with Crippen molar-refractivity contribution in [1.82, 2.24) is 0 Å². The third-order valence-corrected chi connectivity index (χ3v) is 8.40. The summed E-state index contributed by atoms with van der Waals surface area (Å²) in [6.45, 7) is 0. The van der Waals surface area contributed by atoms with E-state index in [9.17, 15) is 0 Å². The number of nitrogens with zero attached hydrogens (tertiary/aromatic N) is 2. The lowest BCUT2D eigenvalue weighted by Gasteiger charge is -2.15. The summed E-state index contributed by atoms with van der Waals surface area (Å²) in [7, 11) is 0. The molecule has 0 aliphatic carbocycles. The van der Waals surface area contributed by atoms with Crippen molar-refractivity contribution >= 4 is 67.2 Å². The Bertz CT molecular complexity index is 734. The molecular formula is C18H16N2S4. The first-order valence-electron chi connectivity index (χ1n) is 7.73. The van der Waals surface area contributed by atoms with E-state index in [1.165, 1.54) is 19.9 Å². The summed E-state index contributed by atoms with van der Waals surface area (Å²) < 4.78 is 2.38. The minimum Gasteiger partial charge on any atom is -0.235 e. The Morgan fingerprint density at radius 1 is 0.708 bits per heavy atom. The Morgan fingerprint density at radius 2 is 1.17 bits per heavy atom. The fourth-order valence-corrected chi connectivity index (χ4v) is 6.66. The molecule has 2 aliphatic rings. The zero-order valence-corrected chi connectivity index (χ0v) is 16.2. The van der Waals surface area contributed by atoms with Gasteiger partial charge in [0.05, 0.1) is 11.4 Å². The van der Waals surface area contributed by atoms with Crippen molar-refractivity contribution in [1.29, 1.82) is 0 Å². The molecule has 24 heavy (non-hydrogen) atoms. The highest BCUT2D eigenvalue weighted by Crippen LogP contribution is 2.36. The Labute approximate surface area is 159 Å². The van der Waals surface area contributed by atoms with Crippen molar-refractivity contribution in [2.75, 3.05) is 11.5 Å². The van der Waals surface area contributed by atoms with Crippen molar-refractivity contribution < 1.29 is 0 Å². The van der Waals surface area contributed by atoms with E-state index in [2.05, 4.69) is 48.5 Å². The lowest BCUT2D eigenvalue weighted by Crippen LogP contribution is -2.00. The SMILES string of the molecule is c1ccc2c(c1)CSC(SCCSC1=Nc3ccccc3CS1)=N2. The number of fused-ring (bicyclic) bond motifs is 2. The van der Waals surface area contributed by atoms with E-state index in [-0.39, 0.29) is 0 Å². The molecular weight excluding hydrogens is 372 g/mol. The van der Waals surface area contributed by atoms with Gasteiger partial charge < -0.3 is 0 Å². The predicted molar refractivity (Wildman–Crippen MR) is 115 cm³/mol. The predicted octanol–water partition coefficient (Wildman–Crippen LogP) is 6.32. The molecule has 4 rings (SSSR count). The lowest BCUT2D eigenvalue weighted by molar-refractivity contribution is 1.36. The highest BCUT2D eigenvalue weighted by Gasteiger charge is 2.14. The van der Waals surface area contributed by atoms with Crippen molar-refractivity contribution in [3.05, 3.63) is 59.7 Å². The summed E-state index contributed by atoms with van der Waals surface area (Å²) in [4.78, 5) is 9.51. The summed E-state index contributed by atoms with van der Waals surface area (Å²) in [5.41, 5.74) is 4.95. The average Bonchev–Trinajstić information content (AvgIpc) is 2.65. The maximum Gasteiger partial charge on any atom is 0.130 e. The number of hydrogen-bond donors (Lipinski definition) is 0.